The van der Waals surface area contributed by atoms with Crippen LogP contribution in [0.15, 0.2) is 41.8 Å². The molecule has 1 fully saturated rings. The maximum absolute atomic E-state index is 6.27. The van der Waals surface area contributed by atoms with Gasteiger partial charge in [-0.2, -0.15) is 5.10 Å². The minimum absolute atomic E-state index is 0.331. The van der Waals surface area contributed by atoms with Crippen LogP contribution in [0.5, 0.6) is 0 Å². The number of nitrogens with zero attached hydrogens (tertiary/aromatic N) is 5. The second kappa shape index (κ2) is 9.43. The smallest absolute Gasteiger partial charge is 0.191 e. The summed E-state index contributed by atoms with van der Waals surface area (Å²) in [5.74, 6) is 1.73. The maximum atomic E-state index is 6.27. The Bertz CT molecular complexity index is 701. The van der Waals surface area contributed by atoms with E-state index < -0.39 is 0 Å². The number of aryl methyl sites for hydroxylation is 1. The van der Waals surface area contributed by atoms with Crippen LogP contribution in [-0.4, -0.2) is 52.9 Å². The first-order valence-corrected chi connectivity index (χ1v) is 9.52. The van der Waals surface area contributed by atoms with Crippen molar-refractivity contribution in [2.24, 2.45) is 4.99 Å². The van der Waals surface area contributed by atoms with Crippen LogP contribution in [-0.2, 0) is 6.54 Å². The molecule has 140 valence electrons. The van der Waals surface area contributed by atoms with Gasteiger partial charge >= 0.3 is 0 Å². The number of anilines is 1. The van der Waals surface area contributed by atoms with Gasteiger partial charge in [-0.15, -0.1) is 0 Å². The standard InChI is InChI=1S/C18H26ClN7/c1-2-20-18(22-9-4-11-26-12-5-10-23-26)24-15-7-13-25(14-15)17-16(19)6-3-8-21-17/h3,5-6,8,10,12,15H,2,4,7,9,11,13-14H2,1H3,(H2,20,22,24). The lowest BCUT2D eigenvalue weighted by atomic mass is 10.3. The van der Waals surface area contributed by atoms with Crippen molar-refractivity contribution in [3.8, 4) is 0 Å². The van der Waals surface area contributed by atoms with Gasteiger partial charge < -0.3 is 15.5 Å². The molecule has 3 heterocycles. The van der Waals surface area contributed by atoms with Crippen LogP contribution < -0.4 is 15.5 Å². The largest absolute Gasteiger partial charge is 0.357 e. The van der Waals surface area contributed by atoms with Crippen LogP contribution in [0, 0.1) is 0 Å². The zero-order valence-electron chi connectivity index (χ0n) is 15.1. The molecule has 0 saturated carbocycles. The number of aromatic nitrogens is 3. The third kappa shape index (κ3) is 5.11. The summed E-state index contributed by atoms with van der Waals surface area (Å²) >= 11 is 6.27. The normalized spacial score (nSPS) is 17.5. The van der Waals surface area contributed by atoms with Crippen molar-refractivity contribution < 1.29 is 0 Å². The molecule has 8 heteroatoms. The van der Waals surface area contributed by atoms with E-state index in [4.69, 9.17) is 11.6 Å². The molecule has 0 amide bonds. The summed E-state index contributed by atoms with van der Waals surface area (Å²) in [7, 11) is 0. The first-order valence-electron chi connectivity index (χ1n) is 9.14. The highest BCUT2D eigenvalue weighted by Crippen LogP contribution is 2.25. The molecule has 2 aromatic rings. The fourth-order valence-electron chi connectivity index (χ4n) is 3.05. The SMILES string of the molecule is CCNC(=NCCCn1cccn1)NC1CCN(c2ncccc2Cl)C1. The Morgan fingerprint density at radius 2 is 2.31 bits per heavy atom. The lowest BCUT2D eigenvalue weighted by molar-refractivity contribution is 0.581. The van der Waals surface area contributed by atoms with E-state index in [0.29, 0.717) is 11.1 Å². The van der Waals surface area contributed by atoms with Gasteiger partial charge in [0.15, 0.2) is 5.96 Å². The zero-order valence-corrected chi connectivity index (χ0v) is 15.9. The summed E-state index contributed by atoms with van der Waals surface area (Å²) in [5.41, 5.74) is 0. The van der Waals surface area contributed by atoms with Gasteiger partial charge in [-0.25, -0.2) is 4.98 Å². The van der Waals surface area contributed by atoms with Crippen molar-refractivity contribution >= 4 is 23.4 Å². The van der Waals surface area contributed by atoms with Crippen LogP contribution in [0.25, 0.3) is 0 Å². The number of pyridine rings is 1. The molecule has 1 saturated heterocycles. The average molecular weight is 376 g/mol. The Morgan fingerprint density at radius 1 is 1.38 bits per heavy atom. The van der Waals surface area contributed by atoms with Crippen molar-refractivity contribution in [2.45, 2.75) is 32.4 Å². The second-order valence-electron chi connectivity index (χ2n) is 6.27. The quantitative estimate of drug-likeness (QED) is 0.441. The van der Waals surface area contributed by atoms with E-state index in [1.165, 1.54) is 0 Å². The third-order valence-corrected chi connectivity index (χ3v) is 4.58. The summed E-state index contributed by atoms with van der Waals surface area (Å²) in [6.07, 6.45) is 7.55. The van der Waals surface area contributed by atoms with Crippen molar-refractivity contribution in [3.05, 3.63) is 41.8 Å². The molecular weight excluding hydrogens is 350 g/mol. The van der Waals surface area contributed by atoms with Crippen molar-refractivity contribution in [1.29, 1.82) is 0 Å². The molecule has 0 bridgehead atoms. The fourth-order valence-corrected chi connectivity index (χ4v) is 3.29. The number of rotatable bonds is 7. The van der Waals surface area contributed by atoms with E-state index in [9.17, 15) is 0 Å². The van der Waals surface area contributed by atoms with Crippen LogP contribution >= 0.6 is 11.6 Å². The third-order valence-electron chi connectivity index (χ3n) is 4.29. The highest BCUT2D eigenvalue weighted by atomic mass is 35.5. The van der Waals surface area contributed by atoms with E-state index in [-0.39, 0.29) is 0 Å². The predicted molar refractivity (Wildman–Crippen MR) is 106 cm³/mol. The number of hydrogen-bond donors (Lipinski definition) is 2. The number of nitrogens with one attached hydrogen (secondary N) is 2. The highest BCUT2D eigenvalue weighted by Gasteiger charge is 2.25. The summed E-state index contributed by atoms with van der Waals surface area (Å²) < 4.78 is 1.93. The van der Waals surface area contributed by atoms with E-state index in [1.807, 2.05) is 29.1 Å². The molecule has 1 atom stereocenters. The van der Waals surface area contributed by atoms with Crippen LogP contribution in [0.4, 0.5) is 5.82 Å². The minimum Gasteiger partial charge on any atom is -0.357 e. The van der Waals surface area contributed by atoms with Gasteiger partial charge in [0.25, 0.3) is 0 Å². The Balaban J connectivity index is 1.50. The lowest BCUT2D eigenvalue weighted by Crippen LogP contribution is -2.44. The number of guanidine groups is 1. The van der Waals surface area contributed by atoms with Crippen molar-refractivity contribution in [2.75, 3.05) is 31.1 Å². The molecule has 0 radical (unpaired) electrons. The van der Waals surface area contributed by atoms with Crippen molar-refractivity contribution in [1.82, 2.24) is 25.4 Å². The second-order valence-corrected chi connectivity index (χ2v) is 6.68. The molecule has 3 rings (SSSR count). The van der Waals surface area contributed by atoms with Gasteiger partial charge in [-0.05, 0) is 38.0 Å². The molecule has 0 aromatic carbocycles. The van der Waals surface area contributed by atoms with Gasteiger partial charge in [0, 0.05) is 57.4 Å². The van der Waals surface area contributed by atoms with Crippen molar-refractivity contribution in [3.63, 3.8) is 0 Å². The molecule has 0 spiro atoms. The molecule has 7 nitrogen and oxygen atoms in total. The van der Waals surface area contributed by atoms with Gasteiger partial charge in [-0.3, -0.25) is 9.67 Å². The Morgan fingerprint density at radius 3 is 3.08 bits per heavy atom. The van der Waals surface area contributed by atoms with E-state index in [2.05, 4.69) is 37.5 Å². The summed E-state index contributed by atoms with van der Waals surface area (Å²) in [6, 6.07) is 6.01. The zero-order chi connectivity index (χ0) is 18.2. The summed E-state index contributed by atoms with van der Waals surface area (Å²) in [4.78, 5) is 11.3. The van der Waals surface area contributed by atoms with E-state index in [0.717, 1.165) is 57.3 Å². The summed E-state index contributed by atoms with van der Waals surface area (Å²) in [6.45, 7) is 6.37. The van der Waals surface area contributed by atoms with Crippen LogP contribution in [0.3, 0.4) is 0 Å². The molecule has 1 aliphatic rings. The Hall–Kier alpha value is -2.28. The molecule has 1 aliphatic heterocycles. The monoisotopic (exact) mass is 375 g/mol. The first-order chi connectivity index (χ1) is 12.8. The molecule has 2 N–H and O–H groups in total. The minimum atomic E-state index is 0.331. The number of hydrogen-bond acceptors (Lipinski definition) is 4. The maximum Gasteiger partial charge on any atom is 0.191 e. The van der Waals surface area contributed by atoms with Gasteiger partial charge in [0.1, 0.15) is 5.82 Å². The molecular formula is C18H26ClN7. The summed E-state index contributed by atoms with van der Waals surface area (Å²) in [5, 5.41) is 11.8. The lowest BCUT2D eigenvalue weighted by Gasteiger charge is -2.20. The van der Waals surface area contributed by atoms with Crippen LogP contribution in [0.2, 0.25) is 5.02 Å². The Labute approximate surface area is 159 Å². The van der Waals surface area contributed by atoms with Gasteiger partial charge in [0.05, 0.1) is 5.02 Å². The predicted octanol–water partition coefficient (Wildman–Crippen LogP) is 2.16. The number of halogens is 1. The molecule has 2 aromatic heterocycles. The van der Waals surface area contributed by atoms with E-state index >= 15 is 0 Å². The topological polar surface area (TPSA) is 70.4 Å². The highest BCUT2D eigenvalue weighted by molar-refractivity contribution is 6.32. The fraction of sp³-hybridized carbons (Fsp3) is 0.500. The van der Waals surface area contributed by atoms with Gasteiger partial charge in [0.2, 0.25) is 0 Å². The van der Waals surface area contributed by atoms with Crippen LogP contribution in [0.1, 0.15) is 19.8 Å². The molecule has 0 aliphatic carbocycles. The Kier molecular flexibility index (Phi) is 6.71. The molecule has 1 unspecified atom stereocenters. The number of aliphatic imine (C=N–C) groups is 1. The average Bonchev–Trinajstić information content (AvgIpc) is 3.31. The van der Waals surface area contributed by atoms with Gasteiger partial charge in [-0.1, -0.05) is 11.6 Å². The molecule has 26 heavy (non-hydrogen) atoms. The first kappa shape index (κ1) is 18.5. The van der Waals surface area contributed by atoms with E-state index in [1.54, 1.807) is 12.4 Å².